The number of nitrogens with zero attached hydrogens (tertiary/aromatic N) is 7. The Balaban J connectivity index is 1.40. The molecule has 34 heavy (non-hydrogen) atoms. The molecule has 4 aromatic rings. The van der Waals surface area contributed by atoms with Gasteiger partial charge in [0.1, 0.15) is 5.82 Å². The van der Waals surface area contributed by atoms with Crippen LogP contribution in [0.15, 0.2) is 52.8 Å². The molecule has 0 amide bonds. The molecule has 9 nitrogen and oxygen atoms in total. The average Bonchev–Trinajstić information content (AvgIpc) is 3.42. The van der Waals surface area contributed by atoms with Crippen molar-refractivity contribution in [1.29, 1.82) is 0 Å². The molecule has 1 saturated heterocycles. The van der Waals surface area contributed by atoms with Gasteiger partial charge in [-0.3, -0.25) is 4.98 Å². The summed E-state index contributed by atoms with van der Waals surface area (Å²) in [5.74, 6) is 2.25. The number of sulfonamides is 1. The number of piperidine rings is 1. The molecule has 0 atom stereocenters. The second-order valence-electron chi connectivity index (χ2n) is 8.28. The van der Waals surface area contributed by atoms with Crippen molar-refractivity contribution in [2.75, 3.05) is 13.1 Å². The van der Waals surface area contributed by atoms with Gasteiger partial charge in [-0.15, -0.1) is 10.2 Å². The highest BCUT2D eigenvalue weighted by Gasteiger charge is 2.26. The number of fused-ring (bicyclic) bond motifs is 1. The van der Waals surface area contributed by atoms with Gasteiger partial charge >= 0.3 is 0 Å². The van der Waals surface area contributed by atoms with E-state index in [0.29, 0.717) is 29.3 Å². The quantitative estimate of drug-likeness (QED) is 0.359. The zero-order valence-electron chi connectivity index (χ0n) is 19.3. The van der Waals surface area contributed by atoms with Crippen molar-refractivity contribution < 1.29 is 8.42 Å². The monoisotopic (exact) mass is 497 g/mol. The van der Waals surface area contributed by atoms with Gasteiger partial charge in [-0.1, -0.05) is 18.2 Å². The molecule has 3 aromatic heterocycles. The van der Waals surface area contributed by atoms with Crippen LogP contribution in [0.3, 0.4) is 0 Å². The molecule has 0 N–H and O–H groups in total. The van der Waals surface area contributed by atoms with Gasteiger partial charge in [-0.25, -0.2) is 13.4 Å². The molecule has 1 aromatic carbocycles. The first-order valence-corrected chi connectivity index (χ1v) is 13.8. The summed E-state index contributed by atoms with van der Waals surface area (Å²) in [7, 11) is -1.55. The molecule has 0 aliphatic carbocycles. The number of hydrogen-bond donors (Lipinski definition) is 0. The number of thioether (sulfide) groups is 1. The first kappa shape index (κ1) is 23.0. The fraction of sp³-hybridized carbons (Fsp3) is 0.391. The Morgan fingerprint density at radius 1 is 1.03 bits per heavy atom. The summed E-state index contributed by atoms with van der Waals surface area (Å²) < 4.78 is 31.9. The van der Waals surface area contributed by atoms with Crippen molar-refractivity contribution in [2.24, 2.45) is 7.05 Å². The summed E-state index contributed by atoms with van der Waals surface area (Å²) in [6.45, 7) is 3.99. The highest BCUT2D eigenvalue weighted by molar-refractivity contribution is 7.98. The lowest BCUT2D eigenvalue weighted by Crippen LogP contribution is -2.35. The SMILES string of the molecule is CCn1c(CSc2nnc(-c3ccncc3)n2C)nc2cc(S(=O)(=O)N3CCCCC3)ccc21. The largest absolute Gasteiger partial charge is 0.328 e. The lowest BCUT2D eigenvalue weighted by molar-refractivity contribution is 0.346. The van der Waals surface area contributed by atoms with Crippen molar-refractivity contribution in [3.8, 4) is 11.4 Å². The van der Waals surface area contributed by atoms with Gasteiger partial charge in [0.2, 0.25) is 10.0 Å². The molecular weight excluding hydrogens is 470 g/mol. The van der Waals surface area contributed by atoms with E-state index >= 15 is 0 Å². The minimum absolute atomic E-state index is 0.317. The summed E-state index contributed by atoms with van der Waals surface area (Å²) in [6.07, 6.45) is 6.39. The van der Waals surface area contributed by atoms with E-state index in [1.807, 2.05) is 29.8 Å². The minimum Gasteiger partial charge on any atom is -0.328 e. The molecule has 0 spiro atoms. The predicted octanol–water partition coefficient (Wildman–Crippen LogP) is 3.71. The lowest BCUT2D eigenvalue weighted by atomic mass is 10.2. The highest BCUT2D eigenvalue weighted by atomic mass is 32.2. The van der Waals surface area contributed by atoms with Gasteiger partial charge in [-0.2, -0.15) is 4.31 Å². The van der Waals surface area contributed by atoms with Crippen LogP contribution in [0.4, 0.5) is 0 Å². The number of imidazole rings is 1. The summed E-state index contributed by atoms with van der Waals surface area (Å²) in [4.78, 5) is 9.18. The Labute approximate surface area is 203 Å². The maximum atomic E-state index is 13.1. The van der Waals surface area contributed by atoms with Crippen LogP contribution in [0.2, 0.25) is 0 Å². The summed E-state index contributed by atoms with van der Waals surface area (Å²) in [5, 5.41) is 9.47. The van der Waals surface area contributed by atoms with Gasteiger partial charge in [0.05, 0.1) is 21.7 Å². The lowest BCUT2D eigenvalue weighted by Gasteiger charge is -2.25. The van der Waals surface area contributed by atoms with E-state index in [2.05, 4.69) is 26.7 Å². The summed E-state index contributed by atoms with van der Waals surface area (Å²) >= 11 is 1.56. The topological polar surface area (TPSA) is 98.8 Å². The number of rotatable bonds is 7. The molecule has 178 valence electrons. The molecular formula is C23H27N7O2S2. The Morgan fingerprint density at radius 2 is 1.79 bits per heavy atom. The van der Waals surface area contributed by atoms with E-state index in [9.17, 15) is 8.42 Å². The number of hydrogen-bond acceptors (Lipinski definition) is 7. The first-order chi connectivity index (χ1) is 16.5. The smallest absolute Gasteiger partial charge is 0.243 e. The van der Waals surface area contributed by atoms with E-state index < -0.39 is 10.0 Å². The fourth-order valence-corrected chi connectivity index (χ4v) is 6.75. The Hall–Kier alpha value is -2.76. The van der Waals surface area contributed by atoms with Crippen molar-refractivity contribution in [1.82, 2.24) is 33.6 Å². The second-order valence-corrected chi connectivity index (χ2v) is 11.2. The molecule has 5 rings (SSSR count). The zero-order chi connectivity index (χ0) is 23.7. The normalized spacial score (nSPS) is 15.2. The average molecular weight is 498 g/mol. The summed E-state index contributed by atoms with van der Waals surface area (Å²) in [6, 6.07) is 9.11. The number of aromatic nitrogens is 6. The molecule has 0 saturated carbocycles. The maximum absolute atomic E-state index is 13.1. The van der Waals surface area contributed by atoms with Crippen LogP contribution in [-0.4, -0.2) is 55.1 Å². The molecule has 1 fully saturated rings. The van der Waals surface area contributed by atoms with E-state index in [4.69, 9.17) is 4.98 Å². The van der Waals surface area contributed by atoms with Crippen LogP contribution in [0, 0.1) is 0 Å². The third kappa shape index (κ3) is 4.23. The van der Waals surface area contributed by atoms with Crippen molar-refractivity contribution in [2.45, 2.75) is 48.5 Å². The molecule has 0 radical (unpaired) electrons. The first-order valence-electron chi connectivity index (χ1n) is 11.4. The van der Waals surface area contributed by atoms with Gasteiger partial charge in [0, 0.05) is 44.6 Å². The Kier molecular flexibility index (Phi) is 6.41. The van der Waals surface area contributed by atoms with Crippen LogP contribution in [-0.2, 0) is 29.4 Å². The maximum Gasteiger partial charge on any atom is 0.243 e. The highest BCUT2D eigenvalue weighted by Crippen LogP contribution is 2.28. The van der Waals surface area contributed by atoms with E-state index in [-0.39, 0.29) is 0 Å². The molecule has 0 unspecified atom stereocenters. The van der Waals surface area contributed by atoms with Crippen molar-refractivity contribution in [3.63, 3.8) is 0 Å². The third-order valence-electron chi connectivity index (χ3n) is 6.17. The fourth-order valence-electron chi connectivity index (χ4n) is 4.36. The van der Waals surface area contributed by atoms with Crippen LogP contribution < -0.4 is 0 Å². The summed E-state index contributed by atoms with van der Waals surface area (Å²) in [5.41, 5.74) is 2.59. The van der Waals surface area contributed by atoms with Crippen LogP contribution >= 0.6 is 11.8 Å². The van der Waals surface area contributed by atoms with Gasteiger partial charge in [0.15, 0.2) is 11.0 Å². The third-order valence-corrected chi connectivity index (χ3v) is 9.08. The van der Waals surface area contributed by atoms with Crippen molar-refractivity contribution in [3.05, 3.63) is 48.5 Å². The van der Waals surface area contributed by atoms with E-state index in [0.717, 1.165) is 53.7 Å². The Morgan fingerprint density at radius 3 is 2.53 bits per heavy atom. The minimum atomic E-state index is -3.50. The predicted molar refractivity (Wildman–Crippen MR) is 132 cm³/mol. The molecule has 4 heterocycles. The van der Waals surface area contributed by atoms with Gasteiger partial charge in [-0.05, 0) is 50.1 Å². The number of pyridine rings is 1. The Bertz CT molecular complexity index is 1410. The van der Waals surface area contributed by atoms with Crippen LogP contribution in [0.5, 0.6) is 0 Å². The number of benzene rings is 1. The van der Waals surface area contributed by atoms with Gasteiger partial charge < -0.3 is 9.13 Å². The van der Waals surface area contributed by atoms with E-state index in [1.54, 1.807) is 40.6 Å². The standard InChI is InChI=1S/C23H27N7O2S2/c1-3-30-20-8-7-18(34(31,32)29-13-5-4-6-14-29)15-19(20)25-21(30)16-33-23-27-26-22(28(23)2)17-9-11-24-12-10-17/h7-12,15H,3-6,13-14,16H2,1-2H3. The zero-order valence-corrected chi connectivity index (χ0v) is 20.9. The van der Waals surface area contributed by atoms with E-state index in [1.165, 1.54) is 0 Å². The molecule has 1 aliphatic heterocycles. The van der Waals surface area contributed by atoms with Crippen LogP contribution in [0.25, 0.3) is 22.4 Å². The molecule has 0 bridgehead atoms. The van der Waals surface area contributed by atoms with Crippen molar-refractivity contribution >= 4 is 32.8 Å². The molecule has 1 aliphatic rings. The molecule has 11 heteroatoms. The van der Waals surface area contributed by atoms with Gasteiger partial charge in [0.25, 0.3) is 0 Å². The number of aryl methyl sites for hydroxylation is 1. The van der Waals surface area contributed by atoms with Crippen LogP contribution in [0.1, 0.15) is 32.0 Å². The second kappa shape index (κ2) is 9.47.